The zero-order valence-electron chi connectivity index (χ0n) is 19.6. The maximum absolute atomic E-state index is 12.7. The molecule has 0 aliphatic carbocycles. The van der Waals surface area contributed by atoms with Gasteiger partial charge in [0.15, 0.2) is 0 Å². The number of ether oxygens (including phenoxy) is 1. The number of allylic oxidation sites excluding steroid dienone is 1. The van der Waals surface area contributed by atoms with E-state index >= 15 is 0 Å². The normalized spacial score (nSPS) is 12.6. The minimum atomic E-state index is -0.742. The number of nitrogens with two attached hydrogens (primary N) is 1. The van der Waals surface area contributed by atoms with E-state index in [9.17, 15) is 14.7 Å². The molecule has 0 aliphatic rings. The fourth-order valence-corrected chi connectivity index (χ4v) is 4.82. The van der Waals surface area contributed by atoms with E-state index in [1.54, 1.807) is 54.6 Å². The number of anilines is 3. The van der Waals surface area contributed by atoms with Gasteiger partial charge in [0, 0.05) is 15.7 Å². The van der Waals surface area contributed by atoms with Gasteiger partial charge in [-0.3, -0.25) is 10.1 Å². The Morgan fingerprint density at radius 3 is 2.47 bits per heavy atom. The van der Waals surface area contributed by atoms with Crippen molar-refractivity contribution in [2.75, 3.05) is 16.4 Å². The van der Waals surface area contributed by atoms with E-state index in [1.807, 2.05) is 25.1 Å². The molecule has 3 aromatic carbocycles. The minimum Gasteiger partial charge on any atom is -0.506 e. The van der Waals surface area contributed by atoms with Gasteiger partial charge < -0.3 is 20.9 Å². The van der Waals surface area contributed by atoms with Gasteiger partial charge in [-0.1, -0.05) is 59.3 Å². The third kappa shape index (κ3) is 7.86. The van der Waals surface area contributed by atoms with Gasteiger partial charge in [-0.15, -0.1) is 0 Å². The third-order valence-corrected chi connectivity index (χ3v) is 6.47. The second-order valence-corrected chi connectivity index (χ2v) is 9.95. The van der Waals surface area contributed by atoms with Crippen LogP contribution in [-0.2, 0) is 9.53 Å². The number of amides is 2. The number of nitrogens with one attached hydrogen (secondary N) is 2. The van der Waals surface area contributed by atoms with Crippen LogP contribution in [0.3, 0.4) is 0 Å². The lowest BCUT2D eigenvalue weighted by atomic mass is 9.92. The number of aromatic hydroxyl groups is 1. The fraction of sp³-hybridized carbons (Fsp3) is 0.185. The standard InChI is InChI=1S/C27H27Br2N3O4/c1-17(9-5-8-14-24(33)32-23-13-7-6-12-22(23)30)26(20-15-18(28)16-21(29)25(20)34)36-27(35)31-19-10-3-2-4-11-19/h2-4,6-8,10-17,26,34H,5,9,30H2,1H3,(H,31,35)(H,32,33)/b14-8+/t17-,26+/m1/s1. The van der Waals surface area contributed by atoms with Crippen LogP contribution >= 0.6 is 31.9 Å². The van der Waals surface area contributed by atoms with E-state index in [0.717, 1.165) is 4.47 Å². The Hall–Kier alpha value is -3.30. The van der Waals surface area contributed by atoms with Crippen LogP contribution in [0.1, 0.15) is 31.4 Å². The molecule has 36 heavy (non-hydrogen) atoms. The summed E-state index contributed by atoms with van der Waals surface area (Å²) in [5, 5.41) is 16.2. The average molecular weight is 617 g/mol. The first-order chi connectivity index (χ1) is 17.2. The van der Waals surface area contributed by atoms with Crippen LogP contribution in [0.4, 0.5) is 21.9 Å². The summed E-state index contributed by atoms with van der Waals surface area (Å²) in [4.78, 5) is 24.9. The molecular formula is C27H27Br2N3O4. The summed E-state index contributed by atoms with van der Waals surface area (Å²) in [6.07, 6.45) is 2.96. The molecular weight excluding hydrogens is 590 g/mol. The van der Waals surface area contributed by atoms with Crippen molar-refractivity contribution < 1.29 is 19.4 Å². The summed E-state index contributed by atoms with van der Waals surface area (Å²) in [6.45, 7) is 1.92. The molecule has 0 unspecified atom stereocenters. The van der Waals surface area contributed by atoms with Crippen molar-refractivity contribution >= 4 is 60.9 Å². The number of phenols is 1. The van der Waals surface area contributed by atoms with E-state index in [0.29, 0.717) is 39.9 Å². The maximum atomic E-state index is 12.7. The molecule has 0 aliphatic heterocycles. The topological polar surface area (TPSA) is 114 Å². The summed E-state index contributed by atoms with van der Waals surface area (Å²) in [5.74, 6) is -0.474. The number of phenolic OH excluding ortho intramolecular Hbond substituents is 1. The number of para-hydroxylation sites is 3. The molecule has 3 aromatic rings. The van der Waals surface area contributed by atoms with Crippen LogP contribution in [0.25, 0.3) is 0 Å². The summed E-state index contributed by atoms with van der Waals surface area (Å²) in [5.41, 5.74) is 7.96. The zero-order chi connectivity index (χ0) is 26.1. The Labute approximate surface area is 227 Å². The van der Waals surface area contributed by atoms with Crippen LogP contribution in [0.5, 0.6) is 5.75 Å². The molecule has 0 saturated heterocycles. The number of hydrogen-bond acceptors (Lipinski definition) is 5. The summed E-state index contributed by atoms with van der Waals surface area (Å²) >= 11 is 6.78. The lowest BCUT2D eigenvalue weighted by Gasteiger charge is -2.26. The zero-order valence-corrected chi connectivity index (χ0v) is 22.8. The number of halogens is 2. The highest BCUT2D eigenvalue weighted by atomic mass is 79.9. The summed E-state index contributed by atoms with van der Waals surface area (Å²) in [7, 11) is 0. The second-order valence-electron chi connectivity index (χ2n) is 8.18. The smallest absolute Gasteiger partial charge is 0.412 e. The molecule has 2 atom stereocenters. The lowest BCUT2D eigenvalue weighted by Crippen LogP contribution is -2.22. The van der Waals surface area contributed by atoms with E-state index < -0.39 is 12.2 Å². The first-order valence-corrected chi connectivity index (χ1v) is 12.9. The van der Waals surface area contributed by atoms with Gasteiger partial charge in [0.1, 0.15) is 11.9 Å². The van der Waals surface area contributed by atoms with Crippen molar-refractivity contribution in [3.63, 3.8) is 0 Å². The Balaban J connectivity index is 1.68. The van der Waals surface area contributed by atoms with Gasteiger partial charge in [0.05, 0.1) is 15.8 Å². The number of nitrogen functional groups attached to an aromatic ring is 1. The Morgan fingerprint density at radius 2 is 1.75 bits per heavy atom. The highest BCUT2D eigenvalue weighted by molar-refractivity contribution is 9.11. The van der Waals surface area contributed by atoms with Crippen molar-refractivity contribution in [1.29, 1.82) is 0 Å². The molecule has 0 radical (unpaired) electrons. The molecule has 9 heteroatoms. The third-order valence-electron chi connectivity index (χ3n) is 5.41. The Kier molecular flexibility index (Phi) is 9.95. The molecule has 7 nitrogen and oxygen atoms in total. The number of carbonyl (C=O) groups excluding carboxylic acids is 2. The Morgan fingerprint density at radius 1 is 1.06 bits per heavy atom. The number of hydrogen-bond donors (Lipinski definition) is 4. The lowest BCUT2D eigenvalue weighted by molar-refractivity contribution is -0.111. The van der Waals surface area contributed by atoms with E-state index in [2.05, 4.69) is 42.5 Å². The van der Waals surface area contributed by atoms with Crippen molar-refractivity contribution in [2.24, 2.45) is 5.92 Å². The molecule has 0 bridgehead atoms. The van der Waals surface area contributed by atoms with Crippen LogP contribution in [0.2, 0.25) is 0 Å². The van der Waals surface area contributed by atoms with E-state index in [4.69, 9.17) is 10.5 Å². The fourth-order valence-electron chi connectivity index (χ4n) is 3.56. The van der Waals surface area contributed by atoms with E-state index in [-0.39, 0.29) is 17.6 Å². The van der Waals surface area contributed by atoms with Gasteiger partial charge in [0.25, 0.3) is 0 Å². The van der Waals surface area contributed by atoms with Crippen LogP contribution in [-0.4, -0.2) is 17.1 Å². The van der Waals surface area contributed by atoms with Gasteiger partial charge in [-0.05, 0) is 77.2 Å². The number of benzene rings is 3. The van der Waals surface area contributed by atoms with Crippen molar-refractivity contribution in [3.8, 4) is 5.75 Å². The van der Waals surface area contributed by atoms with Gasteiger partial charge >= 0.3 is 6.09 Å². The molecule has 0 heterocycles. The molecule has 0 spiro atoms. The average Bonchev–Trinajstić information content (AvgIpc) is 2.84. The quantitative estimate of drug-likeness (QED) is 0.148. The number of rotatable bonds is 9. The second kappa shape index (κ2) is 13.1. The van der Waals surface area contributed by atoms with Gasteiger partial charge in [-0.25, -0.2) is 4.79 Å². The van der Waals surface area contributed by atoms with Crippen molar-refractivity contribution in [1.82, 2.24) is 0 Å². The molecule has 5 N–H and O–H groups in total. The molecule has 0 aromatic heterocycles. The molecule has 2 amide bonds. The maximum Gasteiger partial charge on any atom is 0.412 e. The first-order valence-electron chi connectivity index (χ1n) is 11.3. The first kappa shape index (κ1) is 27.3. The highest BCUT2D eigenvalue weighted by Crippen LogP contribution is 2.40. The molecule has 0 saturated carbocycles. The molecule has 188 valence electrons. The molecule has 3 rings (SSSR count). The minimum absolute atomic E-state index is 0.00192. The van der Waals surface area contributed by atoms with Crippen LogP contribution < -0.4 is 16.4 Å². The number of carbonyl (C=O) groups is 2. The van der Waals surface area contributed by atoms with Gasteiger partial charge in [0.2, 0.25) is 5.91 Å². The van der Waals surface area contributed by atoms with Crippen LogP contribution in [0, 0.1) is 5.92 Å². The molecule has 0 fully saturated rings. The largest absolute Gasteiger partial charge is 0.506 e. The predicted octanol–water partition coefficient (Wildman–Crippen LogP) is 7.40. The Bertz CT molecular complexity index is 1230. The summed E-state index contributed by atoms with van der Waals surface area (Å²) < 4.78 is 7.00. The van der Waals surface area contributed by atoms with Crippen molar-refractivity contribution in [2.45, 2.75) is 25.9 Å². The predicted molar refractivity (Wildman–Crippen MR) is 150 cm³/mol. The van der Waals surface area contributed by atoms with Gasteiger partial charge in [-0.2, -0.15) is 0 Å². The SMILES string of the molecule is C[C@H](CC/C=C/C(=O)Nc1ccccc1N)[C@H](OC(=O)Nc1ccccc1)c1cc(Br)cc(Br)c1O. The summed E-state index contributed by atoms with van der Waals surface area (Å²) in [6, 6.07) is 19.4. The highest BCUT2D eigenvalue weighted by Gasteiger charge is 2.27. The monoisotopic (exact) mass is 615 g/mol. The van der Waals surface area contributed by atoms with Crippen molar-refractivity contribution in [3.05, 3.63) is 93.4 Å². The van der Waals surface area contributed by atoms with E-state index in [1.165, 1.54) is 6.08 Å². The van der Waals surface area contributed by atoms with Crippen LogP contribution in [0.15, 0.2) is 87.8 Å².